The molecule has 0 radical (unpaired) electrons. The van der Waals surface area contributed by atoms with E-state index in [0.717, 1.165) is 5.69 Å². The minimum absolute atomic E-state index is 0.0344. The maximum absolute atomic E-state index is 13.7. The molecule has 0 aliphatic rings. The lowest BCUT2D eigenvalue weighted by Gasteiger charge is -2.06. The van der Waals surface area contributed by atoms with Crippen LogP contribution in [-0.4, -0.2) is 15.6 Å². The first-order valence-corrected chi connectivity index (χ1v) is 6.27. The zero-order valence-corrected chi connectivity index (χ0v) is 11.8. The molecule has 2 rings (SSSR count). The molecule has 1 aromatic carbocycles. The molecule has 0 amide bonds. The van der Waals surface area contributed by atoms with Crippen LogP contribution >= 0.6 is 11.6 Å². The van der Waals surface area contributed by atoms with Crippen LogP contribution in [0.5, 0.6) is 0 Å². The number of ketones is 1. The molecule has 0 saturated heterocycles. The maximum atomic E-state index is 13.7. The van der Waals surface area contributed by atoms with E-state index in [1.165, 1.54) is 19.1 Å². The van der Waals surface area contributed by atoms with Gasteiger partial charge in [-0.3, -0.25) is 9.48 Å². The molecule has 0 N–H and O–H groups in total. The van der Waals surface area contributed by atoms with Gasteiger partial charge in [0.15, 0.2) is 5.78 Å². The lowest BCUT2D eigenvalue weighted by Crippen LogP contribution is -2.06. The molecule has 0 unspecified atom stereocenters. The fraction of sp³-hybridized carbons (Fsp3) is 0.286. The molecule has 1 aromatic heterocycles. The van der Waals surface area contributed by atoms with Crippen molar-refractivity contribution in [3.05, 3.63) is 51.6 Å². The minimum atomic E-state index is -0.332. The number of Topliss-reactive ketones (excluding diaryl/α,β-unsaturated/α-hetero) is 1. The van der Waals surface area contributed by atoms with Crippen molar-refractivity contribution in [1.82, 2.24) is 9.78 Å². The summed E-state index contributed by atoms with van der Waals surface area (Å²) in [6.45, 7) is 5.33. The van der Waals surface area contributed by atoms with Crippen molar-refractivity contribution < 1.29 is 9.18 Å². The average molecular weight is 281 g/mol. The van der Waals surface area contributed by atoms with Gasteiger partial charge in [-0.2, -0.15) is 5.10 Å². The predicted octanol–water partition coefficient (Wildman–Crippen LogP) is 3.54. The first-order valence-electron chi connectivity index (χ1n) is 5.89. The van der Waals surface area contributed by atoms with Crippen LogP contribution in [0, 0.1) is 19.7 Å². The Hall–Kier alpha value is -1.68. The number of halogens is 2. The molecule has 2 aromatic rings. The number of nitrogens with zero attached hydrogens (tertiary/aromatic N) is 2. The summed E-state index contributed by atoms with van der Waals surface area (Å²) in [7, 11) is 0. The van der Waals surface area contributed by atoms with Crippen molar-refractivity contribution >= 4 is 17.4 Å². The van der Waals surface area contributed by atoms with Crippen LogP contribution in [0.2, 0.25) is 5.02 Å². The Kier molecular flexibility index (Phi) is 3.71. The van der Waals surface area contributed by atoms with Crippen LogP contribution in [0.15, 0.2) is 18.2 Å². The van der Waals surface area contributed by atoms with Gasteiger partial charge in [0.25, 0.3) is 0 Å². The molecule has 0 saturated carbocycles. The zero-order chi connectivity index (χ0) is 14.2. The Morgan fingerprint density at radius 3 is 2.68 bits per heavy atom. The number of hydrogen-bond donors (Lipinski definition) is 0. The molecule has 5 heteroatoms. The number of aromatic nitrogens is 2. The van der Waals surface area contributed by atoms with Gasteiger partial charge in [-0.25, -0.2) is 4.39 Å². The van der Waals surface area contributed by atoms with Gasteiger partial charge in [0.2, 0.25) is 0 Å². The largest absolute Gasteiger partial charge is 0.294 e. The molecule has 100 valence electrons. The van der Waals surface area contributed by atoms with Crippen molar-refractivity contribution in [2.75, 3.05) is 0 Å². The highest BCUT2D eigenvalue weighted by molar-refractivity contribution is 6.30. The quantitative estimate of drug-likeness (QED) is 0.806. The molecule has 0 aliphatic carbocycles. The second-order valence-electron chi connectivity index (χ2n) is 4.50. The Balaban J connectivity index is 2.42. The van der Waals surface area contributed by atoms with Crippen LogP contribution in [0.25, 0.3) is 0 Å². The van der Waals surface area contributed by atoms with Gasteiger partial charge in [0.1, 0.15) is 5.82 Å². The number of carbonyl (C=O) groups is 1. The first-order chi connectivity index (χ1) is 8.90. The second-order valence-corrected chi connectivity index (χ2v) is 4.93. The van der Waals surface area contributed by atoms with Crippen molar-refractivity contribution in [1.29, 1.82) is 0 Å². The zero-order valence-electron chi connectivity index (χ0n) is 11.0. The van der Waals surface area contributed by atoms with Crippen LogP contribution in [0.4, 0.5) is 4.39 Å². The fourth-order valence-corrected chi connectivity index (χ4v) is 2.38. The third kappa shape index (κ3) is 2.68. The third-order valence-corrected chi connectivity index (χ3v) is 3.30. The van der Waals surface area contributed by atoms with E-state index in [-0.39, 0.29) is 18.1 Å². The van der Waals surface area contributed by atoms with Crippen molar-refractivity contribution in [3.63, 3.8) is 0 Å². The first kappa shape index (κ1) is 13.7. The minimum Gasteiger partial charge on any atom is -0.294 e. The highest BCUT2D eigenvalue weighted by Crippen LogP contribution is 2.19. The molecule has 3 nitrogen and oxygen atoms in total. The Morgan fingerprint density at radius 1 is 1.42 bits per heavy atom. The summed E-state index contributed by atoms with van der Waals surface area (Å²) in [6, 6.07) is 4.40. The lowest BCUT2D eigenvalue weighted by atomic mass is 10.1. The van der Waals surface area contributed by atoms with Gasteiger partial charge >= 0.3 is 0 Å². The molecule has 1 heterocycles. The van der Waals surface area contributed by atoms with E-state index in [0.29, 0.717) is 21.8 Å². The van der Waals surface area contributed by atoms with Crippen LogP contribution in [0.1, 0.15) is 34.2 Å². The summed E-state index contributed by atoms with van der Waals surface area (Å²) < 4.78 is 15.3. The molecule has 0 atom stereocenters. The monoisotopic (exact) mass is 280 g/mol. The molecular weight excluding hydrogens is 267 g/mol. The number of carbonyl (C=O) groups excluding carboxylic acids is 1. The van der Waals surface area contributed by atoms with E-state index < -0.39 is 0 Å². The van der Waals surface area contributed by atoms with Crippen LogP contribution in [0.3, 0.4) is 0 Å². The third-order valence-electron chi connectivity index (χ3n) is 3.06. The summed E-state index contributed by atoms with van der Waals surface area (Å²) in [5, 5.41) is 4.76. The summed E-state index contributed by atoms with van der Waals surface area (Å²) in [6.07, 6.45) is 0. The summed E-state index contributed by atoms with van der Waals surface area (Å²) in [5.74, 6) is -0.367. The molecule has 19 heavy (non-hydrogen) atoms. The van der Waals surface area contributed by atoms with Gasteiger partial charge in [-0.1, -0.05) is 11.6 Å². The van der Waals surface area contributed by atoms with E-state index in [4.69, 9.17) is 11.6 Å². The number of benzene rings is 1. The Bertz CT molecular complexity index is 649. The van der Waals surface area contributed by atoms with E-state index in [1.807, 2.05) is 0 Å². The van der Waals surface area contributed by atoms with E-state index in [9.17, 15) is 9.18 Å². The summed E-state index contributed by atoms with van der Waals surface area (Å²) >= 11 is 5.86. The maximum Gasteiger partial charge on any atom is 0.163 e. The van der Waals surface area contributed by atoms with Crippen LogP contribution < -0.4 is 0 Å². The van der Waals surface area contributed by atoms with Crippen molar-refractivity contribution in [2.45, 2.75) is 27.3 Å². The Morgan fingerprint density at radius 2 is 2.11 bits per heavy atom. The van der Waals surface area contributed by atoms with Gasteiger partial charge in [-0.15, -0.1) is 0 Å². The second kappa shape index (κ2) is 5.13. The Labute approximate surface area is 116 Å². The lowest BCUT2D eigenvalue weighted by molar-refractivity contribution is 0.101. The molecule has 0 spiro atoms. The van der Waals surface area contributed by atoms with Gasteiger partial charge in [-0.05, 0) is 39.0 Å². The molecule has 0 bridgehead atoms. The van der Waals surface area contributed by atoms with E-state index in [1.54, 1.807) is 24.6 Å². The average Bonchev–Trinajstić information content (AvgIpc) is 2.59. The van der Waals surface area contributed by atoms with Crippen molar-refractivity contribution in [2.24, 2.45) is 0 Å². The van der Waals surface area contributed by atoms with Crippen LogP contribution in [-0.2, 0) is 6.54 Å². The predicted molar refractivity (Wildman–Crippen MR) is 72.2 cm³/mol. The standard InChI is InChI=1S/C14H14ClFN2O/c1-8-14(10(3)19)9(2)18(17-8)7-11-6-12(15)4-5-13(11)16/h4-6H,7H2,1-3H3. The number of rotatable bonds is 3. The molecule has 0 fully saturated rings. The molecular formula is C14H14ClFN2O. The highest BCUT2D eigenvalue weighted by atomic mass is 35.5. The topological polar surface area (TPSA) is 34.9 Å². The van der Waals surface area contributed by atoms with Gasteiger partial charge in [0, 0.05) is 16.3 Å². The van der Waals surface area contributed by atoms with E-state index >= 15 is 0 Å². The number of aryl methyl sites for hydroxylation is 1. The van der Waals surface area contributed by atoms with Gasteiger partial charge < -0.3 is 0 Å². The highest BCUT2D eigenvalue weighted by Gasteiger charge is 2.16. The summed E-state index contributed by atoms with van der Waals surface area (Å²) in [5.41, 5.74) is 2.45. The SMILES string of the molecule is CC(=O)c1c(C)nn(Cc2cc(Cl)ccc2F)c1C. The molecule has 0 aliphatic heterocycles. The normalized spacial score (nSPS) is 10.8. The van der Waals surface area contributed by atoms with E-state index in [2.05, 4.69) is 5.10 Å². The van der Waals surface area contributed by atoms with Gasteiger partial charge in [0.05, 0.1) is 17.8 Å². The smallest absolute Gasteiger partial charge is 0.163 e. The van der Waals surface area contributed by atoms with Crippen molar-refractivity contribution in [3.8, 4) is 0 Å². The summed E-state index contributed by atoms with van der Waals surface area (Å²) in [4.78, 5) is 11.5. The number of hydrogen-bond acceptors (Lipinski definition) is 2. The fourth-order valence-electron chi connectivity index (χ4n) is 2.19.